The van der Waals surface area contributed by atoms with Crippen LogP contribution in [0.4, 0.5) is 10.8 Å². The van der Waals surface area contributed by atoms with Gasteiger partial charge in [0.2, 0.25) is 5.91 Å². The van der Waals surface area contributed by atoms with E-state index in [1.54, 1.807) is 24.3 Å². The minimum atomic E-state index is -0.510. The van der Waals surface area contributed by atoms with Gasteiger partial charge in [-0.15, -0.1) is 0 Å². The SMILES string of the molecule is COc1cc([N+](=O)[O-])cc2sc(NC(=O)/C=C/c3ccc(-c4ccc(Cl)cc4)o3)nc12. The molecule has 1 N–H and O–H groups in total. The predicted molar refractivity (Wildman–Crippen MR) is 120 cm³/mol. The molecule has 2 aromatic heterocycles. The first-order valence-electron chi connectivity index (χ1n) is 8.91. The lowest BCUT2D eigenvalue weighted by Gasteiger charge is -1.99. The maximum Gasteiger partial charge on any atom is 0.274 e. The normalized spacial score (nSPS) is 11.2. The quantitative estimate of drug-likeness (QED) is 0.224. The number of amides is 1. The number of anilines is 1. The van der Waals surface area contributed by atoms with E-state index in [9.17, 15) is 14.9 Å². The van der Waals surface area contributed by atoms with Crippen molar-refractivity contribution < 1.29 is 18.9 Å². The van der Waals surface area contributed by atoms with E-state index in [2.05, 4.69) is 10.3 Å². The van der Waals surface area contributed by atoms with Gasteiger partial charge in [0.1, 0.15) is 17.0 Å². The molecule has 2 heterocycles. The van der Waals surface area contributed by atoms with Crippen LogP contribution < -0.4 is 10.1 Å². The van der Waals surface area contributed by atoms with E-state index in [4.69, 9.17) is 20.8 Å². The van der Waals surface area contributed by atoms with Crippen LogP contribution in [0.5, 0.6) is 5.75 Å². The van der Waals surface area contributed by atoms with Gasteiger partial charge in [-0.3, -0.25) is 20.2 Å². The van der Waals surface area contributed by atoms with Gasteiger partial charge in [-0.2, -0.15) is 0 Å². The lowest BCUT2D eigenvalue weighted by atomic mass is 10.2. The van der Waals surface area contributed by atoms with Gasteiger partial charge in [-0.05, 0) is 42.5 Å². The van der Waals surface area contributed by atoms with Crippen LogP contribution in [0, 0.1) is 10.1 Å². The molecule has 4 rings (SSSR count). The number of thiazole rings is 1. The number of fused-ring (bicyclic) bond motifs is 1. The molecule has 2 aromatic carbocycles. The number of non-ortho nitro benzene ring substituents is 1. The summed E-state index contributed by atoms with van der Waals surface area (Å²) in [7, 11) is 1.40. The summed E-state index contributed by atoms with van der Waals surface area (Å²) in [5.74, 6) is 0.997. The van der Waals surface area contributed by atoms with Crippen molar-refractivity contribution in [3.8, 4) is 17.1 Å². The number of aromatic nitrogens is 1. The molecule has 0 aliphatic rings. The number of hydrogen-bond donors (Lipinski definition) is 1. The van der Waals surface area contributed by atoms with Crippen molar-refractivity contribution >= 4 is 56.0 Å². The molecule has 0 saturated carbocycles. The van der Waals surface area contributed by atoms with E-state index in [1.807, 2.05) is 12.1 Å². The standard InChI is InChI=1S/C21H14ClN3O5S/c1-29-17-10-14(25(27)28)11-18-20(17)24-21(31-18)23-19(26)9-7-15-6-8-16(30-15)12-2-4-13(22)5-3-12/h2-11H,1H3,(H,23,24,26)/b9-7+. The summed E-state index contributed by atoms with van der Waals surface area (Å²) in [4.78, 5) is 27.1. The Morgan fingerprint density at radius 1 is 1.26 bits per heavy atom. The molecule has 0 fully saturated rings. The highest BCUT2D eigenvalue weighted by atomic mass is 35.5. The van der Waals surface area contributed by atoms with Gasteiger partial charge in [0.15, 0.2) is 10.9 Å². The Kier molecular flexibility index (Phi) is 5.70. The average Bonchev–Trinajstić information content (AvgIpc) is 3.38. The van der Waals surface area contributed by atoms with Crippen molar-refractivity contribution in [1.82, 2.24) is 4.98 Å². The Morgan fingerprint density at radius 2 is 2.03 bits per heavy atom. The zero-order valence-electron chi connectivity index (χ0n) is 16.0. The molecule has 0 unspecified atom stereocenters. The number of nitrogens with zero attached hydrogens (tertiary/aromatic N) is 2. The third-order valence-electron chi connectivity index (χ3n) is 4.26. The molecule has 0 aliphatic heterocycles. The fourth-order valence-corrected chi connectivity index (χ4v) is 3.86. The Bertz CT molecular complexity index is 1310. The Morgan fingerprint density at radius 3 is 2.74 bits per heavy atom. The molecule has 0 bridgehead atoms. The molecule has 0 spiro atoms. The second kappa shape index (κ2) is 8.58. The average molecular weight is 456 g/mol. The van der Waals surface area contributed by atoms with Crippen molar-refractivity contribution in [1.29, 1.82) is 0 Å². The van der Waals surface area contributed by atoms with Crippen LogP contribution in [-0.4, -0.2) is 22.9 Å². The first-order chi connectivity index (χ1) is 14.9. The van der Waals surface area contributed by atoms with Gasteiger partial charge in [-0.1, -0.05) is 22.9 Å². The molecule has 0 saturated heterocycles. The minimum Gasteiger partial charge on any atom is -0.494 e. The van der Waals surface area contributed by atoms with Crippen molar-refractivity contribution in [2.45, 2.75) is 0 Å². The molecule has 156 valence electrons. The van der Waals surface area contributed by atoms with Gasteiger partial charge >= 0.3 is 0 Å². The van der Waals surface area contributed by atoms with E-state index >= 15 is 0 Å². The topological polar surface area (TPSA) is 108 Å². The molecule has 0 radical (unpaired) electrons. The number of carbonyl (C=O) groups excluding carboxylic acids is 1. The third kappa shape index (κ3) is 4.57. The number of furan rings is 1. The monoisotopic (exact) mass is 455 g/mol. The number of methoxy groups -OCH3 is 1. The smallest absolute Gasteiger partial charge is 0.274 e. The maximum absolute atomic E-state index is 12.3. The zero-order chi connectivity index (χ0) is 22.0. The van der Waals surface area contributed by atoms with E-state index < -0.39 is 10.8 Å². The molecule has 31 heavy (non-hydrogen) atoms. The van der Waals surface area contributed by atoms with Crippen LogP contribution in [0.15, 0.2) is 59.0 Å². The Balaban J connectivity index is 1.48. The summed E-state index contributed by atoms with van der Waals surface area (Å²) in [6.45, 7) is 0. The van der Waals surface area contributed by atoms with Crippen molar-refractivity contribution in [2.75, 3.05) is 12.4 Å². The lowest BCUT2D eigenvalue weighted by molar-refractivity contribution is -0.384. The fraction of sp³-hybridized carbons (Fsp3) is 0.0476. The molecule has 0 atom stereocenters. The molecule has 0 aliphatic carbocycles. The summed E-state index contributed by atoms with van der Waals surface area (Å²) < 4.78 is 11.4. The van der Waals surface area contributed by atoms with Gasteiger partial charge in [0, 0.05) is 22.7 Å². The second-order valence-corrected chi connectivity index (χ2v) is 7.77. The summed E-state index contributed by atoms with van der Waals surface area (Å²) in [5.41, 5.74) is 1.20. The van der Waals surface area contributed by atoms with Crippen LogP contribution in [0.25, 0.3) is 27.6 Å². The van der Waals surface area contributed by atoms with Crippen LogP contribution in [0.2, 0.25) is 5.02 Å². The van der Waals surface area contributed by atoms with Crippen LogP contribution >= 0.6 is 22.9 Å². The van der Waals surface area contributed by atoms with Gasteiger partial charge in [-0.25, -0.2) is 4.98 Å². The number of nitro benzene ring substituents is 1. The second-order valence-electron chi connectivity index (χ2n) is 6.30. The number of halogens is 1. The first kappa shape index (κ1) is 20.6. The number of rotatable bonds is 6. The summed E-state index contributed by atoms with van der Waals surface area (Å²) in [5, 5.41) is 14.6. The highest BCUT2D eigenvalue weighted by Crippen LogP contribution is 2.36. The van der Waals surface area contributed by atoms with E-state index in [-0.39, 0.29) is 11.4 Å². The van der Waals surface area contributed by atoms with Crippen molar-refractivity contribution in [2.24, 2.45) is 0 Å². The zero-order valence-corrected chi connectivity index (χ0v) is 17.6. The van der Waals surface area contributed by atoms with Gasteiger partial charge in [0.05, 0.1) is 22.8 Å². The van der Waals surface area contributed by atoms with Crippen LogP contribution in [-0.2, 0) is 4.79 Å². The van der Waals surface area contributed by atoms with E-state index in [0.717, 1.165) is 16.9 Å². The number of nitrogens with one attached hydrogen (secondary N) is 1. The lowest BCUT2D eigenvalue weighted by Crippen LogP contribution is -2.07. The molecular formula is C21H14ClN3O5S. The maximum atomic E-state index is 12.3. The fourth-order valence-electron chi connectivity index (χ4n) is 2.82. The highest BCUT2D eigenvalue weighted by molar-refractivity contribution is 7.22. The Labute approximate surface area is 184 Å². The van der Waals surface area contributed by atoms with Crippen molar-refractivity contribution in [3.05, 3.63) is 75.5 Å². The van der Waals surface area contributed by atoms with Crippen LogP contribution in [0.1, 0.15) is 5.76 Å². The molecule has 10 heteroatoms. The number of nitro groups is 1. The van der Waals surface area contributed by atoms with Crippen molar-refractivity contribution in [3.63, 3.8) is 0 Å². The molecular weight excluding hydrogens is 442 g/mol. The highest BCUT2D eigenvalue weighted by Gasteiger charge is 2.17. The summed E-state index contributed by atoms with van der Waals surface area (Å²) >= 11 is 7.01. The number of benzene rings is 2. The first-order valence-corrected chi connectivity index (χ1v) is 10.1. The largest absolute Gasteiger partial charge is 0.494 e. The number of ether oxygens (including phenoxy) is 1. The third-order valence-corrected chi connectivity index (χ3v) is 5.43. The van der Waals surface area contributed by atoms with Gasteiger partial charge < -0.3 is 9.15 Å². The number of carbonyl (C=O) groups is 1. The molecule has 4 aromatic rings. The molecule has 1 amide bonds. The van der Waals surface area contributed by atoms with E-state index in [0.29, 0.717) is 31.9 Å². The summed E-state index contributed by atoms with van der Waals surface area (Å²) in [6.07, 6.45) is 2.85. The van der Waals surface area contributed by atoms with E-state index in [1.165, 1.54) is 31.4 Å². The number of hydrogen-bond acceptors (Lipinski definition) is 7. The predicted octanol–water partition coefficient (Wildman–Crippen LogP) is 5.78. The van der Waals surface area contributed by atoms with Crippen LogP contribution in [0.3, 0.4) is 0 Å². The molecule has 8 nitrogen and oxygen atoms in total. The Hall–Kier alpha value is -3.69. The van der Waals surface area contributed by atoms with Gasteiger partial charge in [0.25, 0.3) is 5.69 Å². The summed E-state index contributed by atoms with van der Waals surface area (Å²) in [6, 6.07) is 13.4. The minimum absolute atomic E-state index is 0.111.